The fraction of sp³-hybridized carbons (Fsp3) is 1.00. The van der Waals surface area contributed by atoms with Gasteiger partial charge < -0.3 is 10.2 Å². The van der Waals surface area contributed by atoms with Gasteiger partial charge >= 0.3 is 0 Å². The summed E-state index contributed by atoms with van der Waals surface area (Å²) in [5.41, 5.74) is 0. The van der Waals surface area contributed by atoms with E-state index in [4.69, 9.17) is 0 Å². The second kappa shape index (κ2) is 9.76. The molecular weight excluding hydrogens is 222 g/mol. The lowest BCUT2D eigenvalue weighted by molar-refractivity contribution is 0.102. The average Bonchev–Trinajstić information content (AvgIpc) is 2.39. The molecule has 0 aliphatic carbocycles. The van der Waals surface area contributed by atoms with Gasteiger partial charge in [0, 0.05) is 38.8 Å². The minimum atomic E-state index is 0.690. The Hall–Kier alpha value is -0.120. The Morgan fingerprint density at radius 3 is 2.33 bits per heavy atom. The van der Waals surface area contributed by atoms with Gasteiger partial charge in [-0.2, -0.15) is 0 Å². The molecule has 1 atom stereocenters. The number of hydrogen-bond donors (Lipinski definition) is 1. The molecule has 1 N–H and O–H groups in total. The molecule has 1 heterocycles. The van der Waals surface area contributed by atoms with Crippen molar-refractivity contribution in [1.82, 2.24) is 15.1 Å². The van der Waals surface area contributed by atoms with Crippen LogP contribution < -0.4 is 5.32 Å². The van der Waals surface area contributed by atoms with E-state index in [1.54, 1.807) is 0 Å². The SMILES string of the molecule is CCCCCNCC(C)N1CCN(CCC)CC1. The first-order valence-electron chi connectivity index (χ1n) is 7.95. The van der Waals surface area contributed by atoms with E-state index in [1.807, 2.05) is 0 Å². The predicted octanol–water partition coefficient (Wildman–Crippen LogP) is 2.18. The summed E-state index contributed by atoms with van der Waals surface area (Å²) in [5.74, 6) is 0. The Kier molecular flexibility index (Phi) is 8.64. The molecule has 0 spiro atoms. The van der Waals surface area contributed by atoms with E-state index >= 15 is 0 Å². The summed E-state index contributed by atoms with van der Waals surface area (Å²) in [4.78, 5) is 5.23. The fourth-order valence-corrected chi connectivity index (χ4v) is 2.68. The Bertz CT molecular complexity index is 188. The van der Waals surface area contributed by atoms with Gasteiger partial charge in [0.05, 0.1) is 0 Å². The van der Waals surface area contributed by atoms with E-state index in [2.05, 4.69) is 35.9 Å². The molecule has 0 aromatic rings. The lowest BCUT2D eigenvalue weighted by atomic mass is 10.2. The first kappa shape index (κ1) is 15.9. The zero-order valence-corrected chi connectivity index (χ0v) is 12.7. The van der Waals surface area contributed by atoms with Crippen LogP contribution >= 0.6 is 0 Å². The van der Waals surface area contributed by atoms with Crippen molar-refractivity contribution >= 4 is 0 Å². The largest absolute Gasteiger partial charge is 0.315 e. The molecule has 3 nitrogen and oxygen atoms in total. The Morgan fingerprint density at radius 2 is 1.72 bits per heavy atom. The van der Waals surface area contributed by atoms with Crippen molar-refractivity contribution in [2.45, 2.75) is 52.5 Å². The van der Waals surface area contributed by atoms with E-state index in [9.17, 15) is 0 Å². The molecule has 1 fully saturated rings. The van der Waals surface area contributed by atoms with Crippen molar-refractivity contribution in [3.8, 4) is 0 Å². The molecule has 0 bridgehead atoms. The highest BCUT2D eigenvalue weighted by Crippen LogP contribution is 2.06. The van der Waals surface area contributed by atoms with Crippen molar-refractivity contribution in [3.63, 3.8) is 0 Å². The smallest absolute Gasteiger partial charge is 0.0193 e. The van der Waals surface area contributed by atoms with Crippen LogP contribution in [0.15, 0.2) is 0 Å². The molecule has 1 unspecified atom stereocenters. The molecule has 3 heteroatoms. The molecule has 0 amide bonds. The summed E-state index contributed by atoms with van der Waals surface area (Å²) >= 11 is 0. The third-order valence-electron chi connectivity index (χ3n) is 3.97. The third kappa shape index (κ3) is 6.17. The van der Waals surface area contributed by atoms with Crippen LogP contribution in [0.4, 0.5) is 0 Å². The number of nitrogens with zero attached hydrogens (tertiary/aromatic N) is 2. The van der Waals surface area contributed by atoms with Crippen LogP contribution in [0.3, 0.4) is 0 Å². The van der Waals surface area contributed by atoms with Gasteiger partial charge in [0.25, 0.3) is 0 Å². The highest BCUT2D eigenvalue weighted by molar-refractivity contribution is 4.77. The number of rotatable bonds is 9. The van der Waals surface area contributed by atoms with Gasteiger partial charge in [0.1, 0.15) is 0 Å². The van der Waals surface area contributed by atoms with Crippen molar-refractivity contribution in [3.05, 3.63) is 0 Å². The lowest BCUT2D eigenvalue weighted by Gasteiger charge is -2.38. The van der Waals surface area contributed by atoms with E-state index in [1.165, 1.54) is 65.0 Å². The van der Waals surface area contributed by atoms with Gasteiger partial charge in [-0.3, -0.25) is 4.90 Å². The van der Waals surface area contributed by atoms with Gasteiger partial charge in [0.15, 0.2) is 0 Å². The maximum Gasteiger partial charge on any atom is 0.0193 e. The Balaban J connectivity index is 2.06. The van der Waals surface area contributed by atoms with Crippen LogP contribution in [0, 0.1) is 0 Å². The van der Waals surface area contributed by atoms with Gasteiger partial charge in [-0.1, -0.05) is 26.7 Å². The summed E-state index contributed by atoms with van der Waals surface area (Å²) in [5, 5.41) is 3.60. The maximum absolute atomic E-state index is 3.60. The fourth-order valence-electron chi connectivity index (χ4n) is 2.68. The van der Waals surface area contributed by atoms with Gasteiger partial charge in [-0.25, -0.2) is 0 Å². The van der Waals surface area contributed by atoms with E-state index in [-0.39, 0.29) is 0 Å². The van der Waals surface area contributed by atoms with Crippen molar-refractivity contribution in [1.29, 1.82) is 0 Å². The van der Waals surface area contributed by atoms with Gasteiger partial charge in [0.2, 0.25) is 0 Å². The molecule has 1 rings (SSSR count). The highest BCUT2D eigenvalue weighted by atomic mass is 15.3. The molecule has 108 valence electrons. The maximum atomic E-state index is 3.60. The summed E-state index contributed by atoms with van der Waals surface area (Å²) < 4.78 is 0. The van der Waals surface area contributed by atoms with E-state index < -0.39 is 0 Å². The summed E-state index contributed by atoms with van der Waals surface area (Å²) in [6.45, 7) is 15.5. The summed E-state index contributed by atoms with van der Waals surface area (Å²) in [7, 11) is 0. The molecule has 0 aromatic carbocycles. The summed E-state index contributed by atoms with van der Waals surface area (Å²) in [6.07, 6.45) is 5.29. The molecule has 0 aromatic heterocycles. The molecule has 1 aliphatic heterocycles. The molecular formula is C15H33N3. The summed E-state index contributed by atoms with van der Waals surface area (Å²) in [6, 6.07) is 0.690. The molecule has 0 saturated carbocycles. The van der Waals surface area contributed by atoms with Gasteiger partial charge in [-0.05, 0) is 32.9 Å². The number of hydrogen-bond acceptors (Lipinski definition) is 3. The van der Waals surface area contributed by atoms with Crippen molar-refractivity contribution in [2.75, 3.05) is 45.8 Å². The van der Waals surface area contributed by atoms with Crippen molar-refractivity contribution in [2.24, 2.45) is 0 Å². The monoisotopic (exact) mass is 255 g/mol. The zero-order chi connectivity index (χ0) is 13.2. The predicted molar refractivity (Wildman–Crippen MR) is 80.2 cm³/mol. The lowest BCUT2D eigenvalue weighted by Crippen LogP contribution is -2.51. The zero-order valence-electron chi connectivity index (χ0n) is 12.7. The van der Waals surface area contributed by atoms with E-state index in [0.717, 1.165) is 6.54 Å². The van der Waals surface area contributed by atoms with Crippen LogP contribution in [-0.2, 0) is 0 Å². The second-order valence-corrected chi connectivity index (χ2v) is 5.64. The van der Waals surface area contributed by atoms with Crippen LogP contribution in [-0.4, -0.2) is 61.7 Å². The molecule has 1 saturated heterocycles. The quantitative estimate of drug-likeness (QED) is 0.637. The van der Waals surface area contributed by atoms with E-state index in [0.29, 0.717) is 6.04 Å². The number of piperazine rings is 1. The Morgan fingerprint density at radius 1 is 1.00 bits per heavy atom. The standard InChI is InChI=1S/C15H33N3/c1-4-6-7-8-16-14-15(3)18-12-10-17(9-5-2)11-13-18/h15-16H,4-14H2,1-3H3. The van der Waals surface area contributed by atoms with Crippen LogP contribution in [0.5, 0.6) is 0 Å². The first-order chi connectivity index (χ1) is 8.77. The second-order valence-electron chi connectivity index (χ2n) is 5.64. The molecule has 1 aliphatic rings. The van der Waals surface area contributed by atoms with Gasteiger partial charge in [-0.15, -0.1) is 0 Å². The molecule has 0 radical (unpaired) electrons. The first-order valence-corrected chi connectivity index (χ1v) is 7.95. The minimum Gasteiger partial charge on any atom is -0.315 e. The molecule has 18 heavy (non-hydrogen) atoms. The van der Waals surface area contributed by atoms with Crippen LogP contribution in [0.2, 0.25) is 0 Å². The highest BCUT2D eigenvalue weighted by Gasteiger charge is 2.19. The normalized spacial score (nSPS) is 20.2. The number of nitrogens with one attached hydrogen (secondary N) is 1. The number of unbranched alkanes of at least 4 members (excludes halogenated alkanes) is 2. The third-order valence-corrected chi connectivity index (χ3v) is 3.97. The Labute approximate surface area is 114 Å². The van der Waals surface area contributed by atoms with Crippen LogP contribution in [0.1, 0.15) is 46.5 Å². The average molecular weight is 255 g/mol. The van der Waals surface area contributed by atoms with Crippen molar-refractivity contribution < 1.29 is 0 Å². The minimum absolute atomic E-state index is 0.690. The van der Waals surface area contributed by atoms with Crippen LogP contribution in [0.25, 0.3) is 0 Å². The topological polar surface area (TPSA) is 18.5 Å².